The van der Waals surface area contributed by atoms with Crippen LogP contribution in [-0.2, 0) is 4.84 Å². The van der Waals surface area contributed by atoms with Gasteiger partial charge in [0.05, 0.1) is 6.54 Å². The van der Waals surface area contributed by atoms with E-state index in [9.17, 15) is 0 Å². The van der Waals surface area contributed by atoms with Crippen molar-refractivity contribution in [2.45, 2.75) is 20.3 Å². The minimum absolute atomic E-state index is 0.238. The summed E-state index contributed by atoms with van der Waals surface area (Å²) in [5.74, 6) is 0. The second-order valence-corrected chi connectivity index (χ2v) is 2.82. The fraction of sp³-hybridized carbons (Fsp3) is 1.00. The predicted octanol–water partition coefficient (Wildman–Crippen LogP) is 1.80. The van der Waals surface area contributed by atoms with E-state index in [2.05, 4.69) is 24.2 Å². The molecule has 0 saturated carbocycles. The summed E-state index contributed by atoms with van der Waals surface area (Å²) < 4.78 is 0. The van der Waals surface area contributed by atoms with E-state index >= 15 is 0 Å². The molecule has 1 aliphatic heterocycles. The van der Waals surface area contributed by atoms with Crippen molar-refractivity contribution in [3.05, 3.63) is 0 Å². The van der Waals surface area contributed by atoms with Gasteiger partial charge in [0.15, 0.2) is 0 Å². The van der Waals surface area contributed by atoms with Crippen molar-refractivity contribution in [1.29, 1.82) is 0 Å². The van der Waals surface area contributed by atoms with Gasteiger partial charge < -0.3 is 4.84 Å². The molecule has 0 saturated heterocycles. The van der Waals surface area contributed by atoms with Gasteiger partial charge in [-0.1, -0.05) is 13.8 Å². The number of rotatable bonds is 1. The molecular weight excluding hydrogens is 116 g/mol. The zero-order valence-electron chi connectivity index (χ0n) is 5.92. The summed E-state index contributed by atoms with van der Waals surface area (Å²) in [5.41, 5.74) is 0.238. The number of hydrogen-bond acceptors (Lipinski definition) is 3. The maximum Gasteiger partial charge on any atom is 0.126 e. The molecule has 52 valence electrons. The van der Waals surface area contributed by atoms with Gasteiger partial charge in [-0.15, -0.1) is 0 Å². The van der Waals surface area contributed by atoms with Crippen LogP contribution >= 0.6 is 0 Å². The van der Waals surface area contributed by atoms with Crippen molar-refractivity contribution in [2.75, 3.05) is 13.2 Å². The summed E-state index contributed by atoms with van der Waals surface area (Å²) in [6.45, 7) is 5.83. The molecule has 0 aromatic heterocycles. The summed E-state index contributed by atoms with van der Waals surface area (Å²) in [7, 11) is 0. The van der Waals surface area contributed by atoms with Gasteiger partial charge in [0.25, 0.3) is 0 Å². The molecule has 0 radical (unpaired) electrons. The summed E-state index contributed by atoms with van der Waals surface area (Å²) in [5, 5.41) is 7.25. The molecule has 0 N–H and O–H groups in total. The van der Waals surface area contributed by atoms with Crippen molar-refractivity contribution < 1.29 is 4.84 Å². The van der Waals surface area contributed by atoms with E-state index < -0.39 is 0 Å². The number of nitrogens with zero attached hydrogens (tertiary/aromatic N) is 2. The molecule has 1 rings (SSSR count). The van der Waals surface area contributed by atoms with Gasteiger partial charge in [-0.25, -0.2) is 0 Å². The minimum Gasteiger partial charge on any atom is -0.379 e. The monoisotopic (exact) mass is 128 g/mol. The maximum atomic E-state index is 4.83. The van der Waals surface area contributed by atoms with Crippen molar-refractivity contribution in [3.8, 4) is 0 Å². The third-order valence-electron chi connectivity index (χ3n) is 1.83. The fourth-order valence-electron chi connectivity index (χ4n) is 0.685. The lowest BCUT2D eigenvalue weighted by molar-refractivity contribution is 0.0156. The molecule has 0 aliphatic carbocycles. The topological polar surface area (TPSA) is 34.0 Å². The van der Waals surface area contributed by atoms with E-state index in [1.807, 2.05) is 0 Å². The highest BCUT2D eigenvalue weighted by molar-refractivity contribution is 4.74. The molecule has 1 heterocycles. The second kappa shape index (κ2) is 2.33. The van der Waals surface area contributed by atoms with Crippen LogP contribution in [0, 0.1) is 5.41 Å². The fourth-order valence-corrected chi connectivity index (χ4v) is 0.685. The third-order valence-corrected chi connectivity index (χ3v) is 1.83. The van der Waals surface area contributed by atoms with E-state index in [4.69, 9.17) is 4.84 Å². The van der Waals surface area contributed by atoms with Crippen LogP contribution in [-0.4, -0.2) is 13.2 Å². The highest BCUT2D eigenvalue weighted by Crippen LogP contribution is 2.24. The number of hydrogen-bond donors (Lipinski definition) is 0. The smallest absolute Gasteiger partial charge is 0.126 e. The zero-order valence-corrected chi connectivity index (χ0v) is 5.92. The lowest BCUT2D eigenvalue weighted by Crippen LogP contribution is -2.27. The van der Waals surface area contributed by atoms with E-state index in [-0.39, 0.29) is 5.41 Å². The average molecular weight is 128 g/mol. The summed E-state index contributed by atoms with van der Waals surface area (Å²) in [6.07, 6.45) is 1.10. The molecule has 0 aromatic carbocycles. The first-order chi connectivity index (χ1) is 4.27. The predicted molar refractivity (Wildman–Crippen MR) is 34.1 cm³/mol. The Morgan fingerprint density at radius 2 is 2.44 bits per heavy atom. The van der Waals surface area contributed by atoms with Gasteiger partial charge in [0.2, 0.25) is 0 Å². The van der Waals surface area contributed by atoms with E-state index in [0.717, 1.165) is 13.0 Å². The van der Waals surface area contributed by atoms with Crippen molar-refractivity contribution in [3.63, 3.8) is 0 Å². The van der Waals surface area contributed by atoms with Crippen LogP contribution in [0.15, 0.2) is 10.4 Å². The summed E-state index contributed by atoms with van der Waals surface area (Å²) in [4.78, 5) is 4.83. The Labute approximate surface area is 55.1 Å². The van der Waals surface area contributed by atoms with Gasteiger partial charge in [-0.05, 0) is 6.42 Å². The lowest BCUT2D eigenvalue weighted by atomic mass is 9.89. The molecule has 0 spiro atoms. The third kappa shape index (κ3) is 1.40. The Balaban J connectivity index is 2.50. The van der Waals surface area contributed by atoms with Crippen LogP contribution in [0.5, 0.6) is 0 Å². The van der Waals surface area contributed by atoms with Gasteiger partial charge in [0, 0.05) is 10.7 Å². The minimum atomic E-state index is 0.238. The molecule has 0 fully saturated rings. The standard InChI is InChI=1S/C6H12N2O/c1-3-6(2)4-7-8-9-5-6/h3-5H2,1-2H3. The Kier molecular flexibility index (Phi) is 1.69. The Hall–Kier alpha value is -0.600. The second-order valence-electron chi connectivity index (χ2n) is 2.82. The SMILES string of the molecule is CCC1(C)CN=NOC1. The van der Waals surface area contributed by atoms with Crippen molar-refractivity contribution in [1.82, 2.24) is 0 Å². The molecule has 3 nitrogen and oxygen atoms in total. The normalized spacial score (nSPS) is 34.0. The molecule has 1 atom stereocenters. The van der Waals surface area contributed by atoms with E-state index in [1.54, 1.807) is 0 Å². The molecule has 0 amide bonds. The van der Waals surface area contributed by atoms with Gasteiger partial charge >= 0.3 is 0 Å². The van der Waals surface area contributed by atoms with Crippen molar-refractivity contribution >= 4 is 0 Å². The van der Waals surface area contributed by atoms with Crippen LogP contribution in [0.2, 0.25) is 0 Å². The molecule has 9 heavy (non-hydrogen) atoms. The highest BCUT2D eigenvalue weighted by atomic mass is 16.6. The summed E-state index contributed by atoms with van der Waals surface area (Å²) in [6, 6.07) is 0. The molecule has 0 bridgehead atoms. The maximum absolute atomic E-state index is 4.83. The molecule has 3 heteroatoms. The van der Waals surface area contributed by atoms with Crippen LogP contribution in [0.3, 0.4) is 0 Å². The first-order valence-electron chi connectivity index (χ1n) is 3.26. The van der Waals surface area contributed by atoms with Crippen molar-refractivity contribution in [2.24, 2.45) is 15.8 Å². The Morgan fingerprint density at radius 3 is 2.78 bits per heavy atom. The Morgan fingerprint density at radius 1 is 1.67 bits per heavy atom. The molecule has 0 aromatic rings. The van der Waals surface area contributed by atoms with Gasteiger partial charge in [-0.2, -0.15) is 5.11 Å². The summed E-state index contributed by atoms with van der Waals surface area (Å²) >= 11 is 0. The largest absolute Gasteiger partial charge is 0.379 e. The molecule has 1 aliphatic rings. The zero-order chi connectivity index (χ0) is 6.74. The van der Waals surface area contributed by atoms with Gasteiger partial charge in [0.1, 0.15) is 6.61 Å². The Bertz CT molecular complexity index is 124. The van der Waals surface area contributed by atoms with Crippen LogP contribution in [0.4, 0.5) is 0 Å². The van der Waals surface area contributed by atoms with Crippen LogP contribution < -0.4 is 0 Å². The highest BCUT2D eigenvalue weighted by Gasteiger charge is 2.25. The quantitative estimate of drug-likeness (QED) is 0.530. The average Bonchev–Trinajstić information content (AvgIpc) is 1.90. The lowest BCUT2D eigenvalue weighted by Gasteiger charge is -2.25. The molecular formula is C6H12N2O. The van der Waals surface area contributed by atoms with Crippen LogP contribution in [0.25, 0.3) is 0 Å². The first kappa shape index (κ1) is 6.52. The van der Waals surface area contributed by atoms with E-state index in [0.29, 0.717) is 6.61 Å². The molecule has 1 unspecified atom stereocenters. The van der Waals surface area contributed by atoms with Crippen LogP contribution in [0.1, 0.15) is 20.3 Å². The first-order valence-corrected chi connectivity index (χ1v) is 3.26. The van der Waals surface area contributed by atoms with Gasteiger partial charge in [-0.3, -0.25) is 0 Å². The van der Waals surface area contributed by atoms with E-state index in [1.165, 1.54) is 0 Å².